The van der Waals surface area contributed by atoms with E-state index in [1.807, 2.05) is 73.7 Å². The van der Waals surface area contributed by atoms with Crippen molar-refractivity contribution in [2.45, 2.75) is 18.3 Å². The molecule has 8 heteroatoms. The Morgan fingerprint density at radius 2 is 1.77 bits per heavy atom. The van der Waals surface area contributed by atoms with Gasteiger partial charge >= 0.3 is 6.03 Å². The van der Waals surface area contributed by atoms with Crippen molar-refractivity contribution in [3.8, 4) is 11.5 Å². The molecule has 1 N–H and O–H groups in total. The highest BCUT2D eigenvalue weighted by molar-refractivity contribution is 8.01. The summed E-state index contributed by atoms with van der Waals surface area (Å²) in [5, 5.41) is 2.98. The lowest BCUT2D eigenvalue weighted by Gasteiger charge is -2.33. The molecule has 5 rings (SSSR count). The molecule has 0 aliphatic carbocycles. The van der Waals surface area contributed by atoms with Gasteiger partial charge in [-0.3, -0.25) is 9.69 Å². The molecule has 180 valence electrons. The van der Waals surface area contributed by atoms with E-state index in [1.54, 1.807) is 24.0 Å². The fourth-order valence-electron chi connectivity index (χ4n) is 4.66. The lowest BCUT2D eigenvalue weighted by atomic mass is 10.1. The summed E-state index contributed by atoms with van der Waals surface area (Å²) < 4.78 is 10.9. The molecule has 3 aromatic rings. The third kappa shape index (κ3) is 3.97. The van der Waals surface area contributed by atoms with Gasteiger partial charge in [0.25, 0.3) is 5.91 Å². The van der Waals surface area contributed by atoms with Gasteiger partial charge in [0.05, 0.1) is 26.5 Å². The number of nitrogens with one attached hydrogen (secondary N) is 1. The lowest BCUT2D eigenvalue weighted by Crippen LogP contribution is -2.51. The number of carbonyl (C=O) groups excluding carboxylic acids is 2. The smallest absolute Gasteiger partial charge is 0.323 e. The first-order valence-electron chi connectivity index (χ1n) is 11.4. The summed E-state index contributed by atoms with van der Waals surface area (Å²) in [6.07, 6.45) is 0. The highest BCUT2D eigenvalue weighted by atomic mass is 32.2. The van der Waals surface area contributed by atoms with Gasteiger partial charge in [-0.25, -0.2) is 4.79 Å². The minimum atomic E-state index is -1.16. The first kappa shape index (κ1) is 23.1. The van der Waals surface area contributed by atoms with Crippen LogP contribution in [0.3, 0.4) is 0 Å². The van der Waals surface area contributed by atoms with Crippen LogP contribution in [0.25, 0.3) is 0 Å². The number of fused-ring (bicyclic) bond motifs is 2. The van der Waals surface area contributed by atoms with Crippen molar-refractivity contribution < 1.29 is 19.1 Å². The van der Waals surface area contributed by atoms with E-state index >= 15 is 0 Å². The van der Waals surface area contributed by atoms with E-state index < -0.39 is 4.87 Å². The van der Waals surface area contributed by atoms with Gasteiger partial charge in [-0.2, -0.15) is 0 Å². The molecule has 1 fully saturated rings. The predicted molar refractivity (Wildman–Crippen MR) is 138 cm³/mol. The quantitative estimate of drug-likeness (QED) is 0.547. The minimum absolute atomic E-state index is 0.134. The third-order valence-electron chi connectivity index (χ3n) is 6.42. The average molecular weight is 490 g/mol. The number of thioether (sulfide) groups is 1. The van der Waals surface area contributed by atoms with E-state index in [0.717, 1.165) is 28.1 Å². The molecule has 7 nitrogen and oxygen atoms in total. The normalized spacial score (nSPS) is 18.7. The summed E-state index contributed by atoms with van der Waals surface area (Å²) in [7, 11) is 3.22. The van der Waals surface area contributed by atoms with Gasteiger partial charge in [-0.1, -0.05) is 29.8 Å². The van der Waals surface area contributed by atoms with Crippen LogP contribution in [0.1, 0.15) is 16.7 Å². The van der Waals surface area contributed by atoms with E-state index in [9.17, 15) is 9.59 Å². The standard InChI is InChI=1S/C27H27N3O4S/c1-18-7-9-20(10-8-18)28-26(32)30-13-14-35-27(30)23-16-22(34-3)11-12-24(23)29(25(27)31)17-19-5-4-6-21(15-19)33-2/h4-12,15-16H,13-14,17H2,1-3H3,(H,28,32)/t27-/m1/s1. The maximum absolute atomic E-state index is 14.2. The molecule has 1 atom stereocenters. The summed E-state index contributed by atoms with van der Waals surface area (Å²) in [5.41, 5.74) is 4.29. The number of hydrogen-bond donors (Lipinski definition) is 1. The monoisotopic (exact) mass is 489 g/mol. The molecule has 0 unspecified atom stereocenters. The molecule has 0 radical (unpaired) electrons. The van der Waals surface area contributed by atoms with Crippen LogP contribution in [0.15, 0.2) is 66.7 Å². The second kappa shape index (κ2) is 9.19. The Bertz CT molecular complexity index is 1280. The van der Waals surface area contributed by atoms with E-state index in [2.05, 4.69) is 5.32 Å². The van der Waals surface area contributed by atoms with Gasteiger partial charge < -0.3 is 19.7 Å². The summed E-state index contributed by atoms with van der Waals surface area (Å²) in [6.45, 7) is 2.82. The Balaban J connectivity index is 1.53. The van der Waals surface area contributed by atoms with Crippen molar-refractivity contribution in [2.24, 2.45) is 0 Å². The number of aryl methyl sites for hydroxylation is 1. The molecule has 0 aromatic heterocycles. The maximum Gasteiger partial charge on any atom is 0.323 e. The van der Waals surface area contributed by atoms with Crippen LogP contribution in [-0.2, 0) is 16.2 Å². The summed E-state index contributed by atoms with van der Waals surface area (Å²) in [5.74, 6) is 1.89. The van der Waals surface area contributed by atoms with E-state index in [1.165, 1.54) is 11.8 Å². The Kier molecular flexibility index (Phi) is 6.06. The number of hydrogen-bond acceptors (Lipinski definition) is 5. The largest absolute Gasteiger partial charge is 0.497 e. The fourth-order valence-corrected chi connectivity index (χ4v) is 6.11. The first-order valence-corrected chi connectivity index (χ1v) is 12.4. The molecule has 0 saturated carbocycles. The van der Waals surface area contributed by atoms with Crippen LogP contribution >= 0.6 is 11.8 Å². The SMILES string of the molecule is COc1cccc(CN2C(=O)[C@]3(SCCN3C(=O)Nc3ccc(C)cc3)c3cc(OC)ccc32)c1. The zero-order valence-electron chi connectivity index (χ0n) is 19.9. The van der Waals surface area contributed by atoms with Crippen LogP contribution < -0.4 is 19.7 Å². The van der Waals surface area contributed by atoms with Crippen LogP contribution in [0, 0.1) is 6.92 Å². The molecule has 0 bridgehead atoms. The van der Waals surface area contributed by atoms with Crippen LogP contribution in [0.4, 0.5) is 16.2 Å². The topological polar surface area (TPSA) is 71.1 Å². The van der Waals surface area contributed by atoms with E-state index in [-0.39, 0.29) is 11.9 Å². The van der Waals surface area contributed by atoms with Gasteiger partial charge in [-0.05, 0) is 55.0 Å². The number of nitrogens with zero attached hydrogens (tertiary/aromatic N) is 2. The number of amides is 3. The molecular weight excluding hydrogens is 462 g/mol. The molecule has 3 amide bonds. The second-order valence-corrected chi connectivity index (χ2v) is 9.85. The van der Waals surface area contributed by atoms with Crippen LogP contribution in [0.5, 0.6) is 11.5 Å². The predicted octanol–water partition coefficient (Wildman–Crippen LogP) is 4.99. The van der Waals surface area contributed by atoms with Gasteiger partial charge in [0.15, 0.2) is 4.87 Å². The lowest BCUT2D eigenvalue weighted by molar-refractivity contribution is -0.123. The maximum atomic E-state index is 14.2. The van der Waals surface area contributed by atoms with Gasteiger partial charge in [0, 0.05) is 23.5 Å². The third-order valence-corrected chi connectivity index (χ3v) is 7.84. The number of ether oxygens (including phenoxy) is 2. The average Bonchev–Trinajstić information content (AvgIpc) is 3.42. The van der Waals surface area contributed by atoms with E-state index in [4.69, 9.17) is 9.47 Å². The summed E-state index contributed by atoms with van der Waals surface area (Å²) in [6, 6.07) is 20.6. The van der Waals surface area contributed by atoms with E-state index in [0.29, 0.717) is 30.3 Å². The zero-order chi connectivity index (χ0) is 24.6. The Morgan fingerprint density at radius 3 is 2.51 bits per heavy atom. The first-order chi connectivity index (χ1) is 17.0. The molecule has 2 aliphatic heterocycles. The van der Waals surface area contributed by atoms with Crippen LogP contribution in [-0.4, -0.2) is 43.4 Å². The zero-order valence-corrected chi connectivity index (χ0v) is 20.7. The number of anilines is 2. The van der Waals surface area contributed by atoms with Crippen molar-refractivity contribution in [1.29, 1.82) is 0 Å². The number of rotatable bonds is 5. The van der Waals surface area contributed by atoms with Crippen molar-refractivity contribution in [3.63, 3.8) is 0 Å². The van der Waals surface area contributed by atoms with Gasteiger partial charge in [-0.15, -0.1) is 11.8 Å². The molecule has 2 aliphatic rings. The Labute approximate surface area is 209 Å². The second-order valence-electron chi connectivity index (χ2n) is 8.57. The molecule has 35 heavy (non-hydrogen) atoms. The van der Waals surface area contributed by atoms with Crippen molar-refractivity contribution in [2.75, 3.05) is 36.7 Å². The number of carbonyl (C=O) groups is 2. The molecule has 3 aromatic carbocycles. The van der Waals surface area contributed by atoms with Crippen LogP contribution in [0.2, 0.25) is 0 Å². The number of benzene rings is 3. The van der Waals surface area contributed by atoms with Crippen molar-refractivity contribution in [1.82, 2.24) is 4.90 Å². The molecule has 1 spiro atoms. The van der Waals surface area contributed by atoms with Crippen molar-refractivity contribution in [3.05, 3.63) is 83.4 Å². The highest BCUT2D eigenvalue weighted by Gasteiger charge is 2.59. The number of urea groups is 1. The molecular formula is C27H27N3O4S. The Morgan fingerprint density at radius 1 is 1.03 bits per heavy atom. The minimum Gasteiger partial charge on any atom is -0.497 e. The number of methoxy groups -OCH3 is 2. The molecule has 2 heterocycles. The summed E-state index contributed by atoms with van der Waals surface area (Å²) >= 11 is 1.49. The molecule has 1 saturated heterocycles. The van der Waals surface area contributed by atoms with Gasteiger partial charge in [0.1, 0.15) is 11.5 Å². The van der Waals surface area contributed by atoms with Crippen molar-refractivity contribution >= 4 is 35.1 Å². The summed E-state index contributed by atoms with van der Waals surface area (Å²) in [4.78, 5) is 29.9. The van der Waals surface area contributed by atoms with Gasteiger partial charge in [0.2, 0.25) is 0 Å². The Hall–Kier alpha value is -3.65. The fraction of sp³-hybridized carbons (Fsp3) is 0.259. The highest BCUT2D eigenvalue weighted by Crippen LogP contribution is 2.55.